The molecule has 2 aromatic carbocycles. The number of hydrogen-bond acceptors (Lipinski definition) is 2. The maximum atomic E-state index is 12.3. The molecule has 0 saturated heterocycles. The molecule has 0 bridgehead atoms. The van der Waals surface area contributed by atoms with Crippen molar-refractivity contribution in [2.75, 3.05) is 0 Å². The van der Waals surface area contributed by atoms with Crippen LogP contribution in [0.15, 0.2) is 42.5 Å². The second-order valence-corrected chi connectivity index (χ2v) is 4.59. The topological polar surface area (TPSA) is 37.3 Å². The standard InChI is InChI=1S/C16H14O2/c1-2-10-7-8-13-14(9-10)16(18)12-6-4-3-5-11(12)15(13)17/h3-9,16,18H,2H2,1H3. The van der Waals surface area contributed by atoms with Crippen molar-refractivity contribution in [2.24, 2.45) is 0 Å². The van der Waals surface area contributed by atoms with E-state index >= 15 is 0 Å². The van der Waals surface area contributed by atoms with E-state index < -0.39 is 6.10 Å². The molecule has 18 heavy (non-hydrogen) atoms. The second-order valence-electron chi connectivity index (χ2n) is 4.59. The number of rotatable bonds is 1. The van der Waals surface area contributed by atoms with E-state index in [-0.39, 0.29) is 5.78 Å². The van der Waals surface area contributed by atoms with Gasteiger partial charge in [0.1, 0.15) is 6.10 Å². The van der Waals surface area contributed by atoms with Crippen molar-refractivity contribution >= 4 is 5.78 Å². The lowest BCUT2D eigenvalue weighted by Gasteiger charge is -2.24. The third kappa shape index (κ3) is 1.50. The normalized spacial score (nSPS) is 17.2. The molecule has 0 radical (unpaired) electrons. The van der Waals surface area contributed by atoms with E-state index in [2.05, 4.69) is 6.92 Å². The summed E-state index contributed by atoms with van der Waals surface area (Å²) in [4.78, 5) is 12.3. The lowest BCUT2D eigenvalue weighted by Crippen LogP contribution is -2.19. The summed E-state index contributed by atoms with van der Waals surface area (Å²) in [7, 11) is 0. The average Bonchev–Trinajstić information content (AvgIpc) is 2.44. The lowest BCUT2D eigenvalue weighted by atomic mass is 9.82. The highest BCUT2D eigenvalue weighted by molar-refractivity contribution is 6.12. The van der Waals surface area contributed by atoms with E-state index in [9.17, 15) is 9.90 Å². The molecular weight excluding hydrogens is 224 g/mol. The van der Waals surface area contributed by atoms with Crippen LogP contribution in [0.4, 0.5) is 0 Å². The van der Waals surface area contributed by atoms with E-state index in [1.54, 1.807) is 6.07 Å². The van der Waals surface area contributed by atoms with Crippen LogP contribution in [0.5, 0.6) is 0 Å². The number of ketones is 1. The zero-order valence-electron chi connectivity index (χ0n) is 10.2. The molecule has 2 aromatic rings. The van der Waals surface area contributed by atoms with Crippen LogP contribution in [-0.2, 0) is 6.42 Å². The van der Waals surface area contributed by atoms with Gasteiger partial charge >= 0.3 is 0 Å². The largest absolute Gasteiger partial charge is 0.384 e. The van der Waals surface area contributed by atoms with Gasteiger partial charge in [0.15, 0.2) is 5.78 Å². The Labute approximate surface area is 106 Å². The van der Waals surface area contributed by atoms with Crippen LogP contribution in [0.3, 0.4) is 0 Å². The van der Waals surface area contributed by atoms with Gasteiger partial charge in [-0.25, -0.2) is 0 Å². The molecule has 1 unspecified atom stereocenters. The fourth-order valence-corrected chi connectivity index (χ4v) is 2.52. The van der Waals surface area contributed by atoms with Crippen molar-refractivity contribution in [3.05, 3.63) is 70.3 Å². The van der Waals surface area contributed by atoms with E-state index in [4.69, 9.17) is 0 Å². The molecule has 0 fully saturated rings. The van der Waals surface area contributed by atoms with Crippen LogP contribution in [0, 0.1) is 0 Å². The molecule has 3 rings (SSSR count). The molecule has 1 aliphatic carbocycles. The Balaban J connectivity index is 2.23. The maximum Gasteiger partial charge on any atom is 0.193 e. The van der Waals surface area contributed by atoms with Gasteiger partial charge in [-0.15, -0.1) is 0 Å². The Morgan fingerprint density at radius 3 is 2.56 bits per heavy atom. The Bertz CT molecular complexity index is 629. The van der Waals surface area contributed by atoms with Gasteiger partial charge in [0.25, 0.3) is 0 Å². The number of aryl methyl sites for hydroxylation is 1. The number of benzene rings is 2. The minimum Gasteiger partial charge on any atom is -0.384 e. The summed E-state index contributed by atoms with van der Waals surface area (Å²) < 4.78 is 0. The molecule has 1 aliphatic rings. The molecule has 0 amide bonds. The first-order chi connectivity index (χ1) is 8.72. The molecule has 90 valence electrons. The van der Waals surface area contributed by atoms with Crippen LogP contribution in [-0.4, -0.2) is 10.9 Å². The zero-order chi connectivity index (χ0) is 12.7. The van der Waals surface area contributed by atoms with Gasteiger partial charge in [-0.1, -0.05) is 49.4 Å². The predicted octanol–water partition coefficient (Wildman–Crippen LogP) is 2.88. The number of carbonyl (C=O) groups is 1. The second kappa shape index (κ2) is 4.07. The van der Waals surface area contributed by atoms with Crippen molar-refractivity contribution in [3.63, 3.8) is 0 Å². The lowest BCUT2D eigenvalue weighted by molar-refractivity contribution is 0.101. The van der Waals surface area contributed by atoms with Gasteiger partial charge in [0, 0.05) is 11.1 Å². The summed E-state index contributed by atoms with van der Waals surface area (Å²) in [6.07, 6.45) is 0.205. The van der Waals surface area contributed by atoms with Crippen molar-refractivity contribution < 1.29 is 9.90 Å². The molecule has 0 spiro atoms. The summed E-state index contributed by atoms with van der Waals surface area (Å²) in [5.41, 5.74) is 3.82. The molecule has 2 heteroatoms. The number of aliphatic hydroxyl groups is 1. The highest BCUT2D eigenvalue weighted by Gasteiger charge is 2.29. The minimum atomic E-state index is -0.694. The smallest absolute Gasteiger partial charge is 0.193 e. The van der Waals surface area contributed by atoms with Crippen LogP contribution in [0.25, 0.3) is 0 Å². The average molecular weight is 238 g/mol. The third-order valence-electron chi connectivity index (χ3n) is 3.56. The van der Waals surface area contributed by atoms with Gasteiger partial charge in [-0.2, -0.15) is 0 Å². The molecule has 1 N–H and O–H groups in total. The molecule has 0 heterocycles. The Morgan fingerprint density at radius 1 is 1.06 bits per heavy atom. The number of hydrogen-bond donors (Lipinski definition) is 1. The molecular formula is C16H14O2. The summed E-state index contributed by atoms with van der Waals surface area (Å²) in [5.74, 6) is 0.00792. The van der Waals surface area contributed by atoms with Crippen molar-refractivity contribution in [1.82, 2.24) is 0 Å². The summed E-state index contributed by atoms with van der Waals surface area (Å²) in [6, 6.07) is 13.0. The summed E-state index contributed by atoms with van der Waals surface area (Å²) in [5, 5.41) is 10.4. The van der Waals surface area contributed by atoms with Gasteiger partial charge < -0.3 is 5.11 Å². The van der Waals surface area contributed by atoms with Crippen LogP contribution >= 0.6 is 0 Å². The van der Waals surface area contributed by atoms with E-state index in [1.165, 1.54) is 0 Å². The summed E-state index contributed by atoms with van der Waals surface area (Å²) in [6.45, 7) is 2.06. The van der Waals surface area contributed by atoms with E-state index in [0.717, 1.165) is 17.5 Å². The van der Waals surface area contributed by atoms with Crippen molar-refractivity contribution in [1.29, 1.82) is 0 Å². The number of carbonyl (C=O) groups excluding carboxylic acids is 1. The first kappa shape index (κ1) is 11.2. The van der Waals surface area contributed by atoms with Gasteiger partial charge in [0.05, 0.1) is 0 Å². The molecule has 0 saturated carbocycles. The third-order valence-corrected chi connectivity index (χ3v) is 3.56. The quantitative estimate of drug-likeness (QED) is 0.829. The van der Waals surface area contributed by atoms with Crippen LogP contribution < -0.4 is 0 Å². The first-order valence-corrected chi connectivity index (χ1v) is 6.17. The monoisotopic (exact) mass is 238 g/mol. The van der Waals surface area contributed by atoms with E-state index in [1.807, 2.05) is 36.4 Å². The maximum absolute atomic E-state index is 12.3. The predicted molar refractivity (Wildman–Crippen MR) is 69.8 cm³/mol. The SMILES string of the molecule is CCc1ccc2c(c1)C(O)c1ccccc1C2=O. The number of aliphatic hydroxyl groups excluding tert-OH is 1. The molecule has 1 atom stereocenters. The molecule has 0 aliphatic heterocycles. The van der Waals surface area contributed by atoms with Crippen LogP contribution in [0.2, 0.25) is 0 Å². The van der Waals surface area contributed by atoms with Crippen molar-refractivity contribution in [3.8, 4) is 0 Å². The fraction of sp³-hybridized carbons (Fsp3) is 0.188. The minimum absolute atomic E-state index is 0.00792. The van der Waals surface area contributed by atoms with Crippen molar-refractivity contribution in [2.45, 2.75) is 19.4 Å². The highest BCUT2D eigenvalue weighted by Crippen LogP contribution is 2.35. The zero-order valence-corrected chi connectivity index (χ0v) is 10.2. The number of fused-ring (bicyclic) bond motifs is 2. The molecule has 0 aromatic heterocycles. The van der Waals surface area contributed by atoms with E-state index in [0.29, 0.717) is 16.7 Å². The molecule has 2 nitrogen and oxygen atoms in total. The fourth-order valence-electron chi connectivity index (χ4n) is 2.52. The first-order valence-electron chi connectivity index (χ1n) is 6.17. The Kier molecular flexibility index (Phi) is 2.53. The highest BCUT2D eigenvalue weighted by atomic mass is 16.3. The Morgan fingerprint density at radius 2 is 1.78 bits per heavy atom. The van der Waals surface area contributed by atoms with Gasteiger partial charge in [-0.3, -0.25) is 4.79 Å². The van der Waals surface area contributed by atoms with Gasteiger partial charge in [0.2, 0.25) is 0 Å². The van der Waals surface area contributed by atoms with Crippen LogP contribution in [0.1, 0.15) is 45.6 Å². The Hall–Kier alpha value is -1.93. The van der Waals surface area contributed by atoms with Gasteiger partial charge in [-0.05, 0) is 23.1 Å². The summed E-state index contributed by atoms with van der Waals surface area (Å²) >= 11 is 0.